The Bertz CT molecular complexity index is 671. The van der Waals surface area contributed by atoms with E-state index in [9.17, 15) is 4.79 Å². The molecule has 5 heteroatoms. The van der Waals surface area contributed by atoms with Crippen LogP contribution >= 0.6 is 0 Å². The molecule has 2 heterocycles. The van der Waals surface area contributed by atoms with Crippen molar-refractivity contribution in [1.82, 2.24) is 20.1 Å². The van der Waals surface area contributed by atoms with Gasteiger partial charge in [-0.3, -0.25) is 9.48 Å². The first-order valence-electron chi connectivity index (χ1n) is 7.08. The van der Waals surface area contributed by atoms with Gasteiger partial charge in [-0.25, -0.2) is 0 Å². The number of hydrogen-bond acceptors (Lipinski definition) is 3. The van der Waals surface area contributed by atoms with Gasteiger partial charge in [0.15, 0.2) is 0 Å². The number of aromatic amines is 1. The van der Waals surface area contributed by atoms with Crippen LogP contribution in [0.25, 0.3) is 0 Å². The van der Waals surface area contributed by atoms with E-state index in [4.69, 9.17) is 0 Å². The lowest BCUT2D eigenvalue weighted by Crippen LogP contribution is -2.27. The third-order valence-electron chi connectivity index (χ3n) is 4.21. The first-order valence-corrected chi connectivity index (χ1v) is 7.08. The minimum Gasteiger partial charge on any atom is -0.326 e. The van der Waals surface area contributed by atoms with Crippen LogP contribution in [0.15, 0.2) is 23.1 Å². The first kappa shape index (κ1) is 13.1. The maximum Gasteiger partial charge on any atom is 0.248 e. The van der Waals surface area contributed by atoms with Crippen LogP contribution in [0.1, 0.15) is 41.4 Å². The summed E-state index contributed by atoms with van der Waals surface area (Å²) < 4.78 is 1.89. The van der Waals surface area contributed by atoms with Crippen molar-refractivity contribution in [2.24, 2.45) is 7.05 Å². The molecule has 5 nitrogen and oxygen atoms in total. The fourth-order valence-electron chi connectivity index (χ4n) is 2.86. The van der Waals surface area contributed by atoms with Gasteiger partial charge in [0, 0.05) is 42.7 Å². The highest BCUT2D eigenvalue weighted by molar-refractivity contribution is 5.26. The highest BCUT2D eigenvalue weighted by atomic mass is 16.1. The van der Waals surface area contributed by atoms with Crippen molar-refractivity contribution in [2.45, 2.75) is 38.8 Å². The van der Waals surface area contributed by atoms with Crippen LogP contribution in [-0.4, -0.2) is 14.8 Å². The number of aromatic nitrogens is 3. The van der Waals surface area contributed by atoms with Crippen molar-refractivity contribution >= 4 is 0 Å². The lowest BCUT2D eigenvalue weighted by molar-refractivity contribution is 0.453. The molecule has 106 valence electrons. The van der Waals surface area contributed by atoms with Crippen LogP contribution in [0, 0.1) is 6.92 Å². The number of hydrogen-bond donors (Lipinski definition) is 2. The molecule has 0 bridgehead atoms. The summed E-state index contributed by atoms with van der Waals surface area (Å²) in [6.45, 7) is 2.89. The van der Waals surface area contributed by atoms with Gasteiger partial charge >= 0.3 is 0 Å². The van der Waals surface area contributed by atoms with Gasteiger partial charge in [0.1, 0.15) is 0 Å². The lowest BCUT2D eigenvalue weighted by Gasteiger charge is -2.26. The molecule has 0 aliphatic heterocycles. The molecule has 0 amide bonds. The molecule has 2 aromatic heterocycles. The topological polar surface area (TPSA) is 62.7 Å². The van der Waals surface area contributed by atoms with E-state index in [2.05, 4.69) is 22.3 Å². The summed E-state index contributed by atoms with van der Waals surface area (Å²) in [5.41, 5.74) is 4.73. The average Bonchev–Trinajstić information content (AvgIpc) is 2.76. The Morgan fingerprint density at radius 3 is 3.10 bits per heavy atom. The fourth-order valence-corrected chi connectivity index (χ4v) is 2.86. The third-order valence-corrected chi connectivity index (χ3v) is 4.21. The van der Waals surface area contributed by atoms with E-state index < -0.39 is 0 Å². The normalized spacial score (nSPS) is 18.0. The Hall–Kier alpha value is -1.88. The van der Waals surface area contributed by atoms with Crippen LogP contribution in [0.3, 0.4) is 0 Å². The SMILES string of the molecule is Cc1c(CNC2CCCc3[nH]c(=O)ccc32)cnn1C. The van der Waals surface area contributed by atoms with E-state index in [1.807, 2.05) is 24.0 Å². The standard InChI is InChI=1S/C15H20N4O/c1-10-11(9-17-19(10)2)8-16-13-4-3-5-14-12(13)6-7-15(20)18-14/h6-7,9,13,16H,3-5,8H2,1-2H3,(H,18,20). The molecule has 2 aromatic rings. The molecule has 0 saturated heterocycles. The molecule has 20 heavy (non-hydrogen) atoms. The van der Waals surface area contributed by atoms with Crippen molar-refractivity contribution in [2.75, 3.05) is 0 Å². The largest absolute Gasteiger partial charge is 0.326 e. The van der Waals surface area contributed by atoms with Gasteiger partial charge in [-0.05, 0) is 31.7 Å². The van der Waals surface area contributed by atoms with Crippen LogP contribution in [0.2, 0.25) is 0 Å². The zero-order valence-corrected chi connectivity index (χ0v) is 11.9. The van der Waals surface area contributed by atoms with Crippen LogP contribution in [0.4, 0.5) is 0 Å². The summed E-state index contributed by atoms with van der Waals surface area (Å²) >= 11 is 0. The summed E-state index contributed by atoms with van der Waals surface area (Å²) in [7, 11) is 1.96. The predicted molar refractivity (Wildman–Crippen MR) is 77.5 cm³/mol. The lowest BCUT2D eigenvalue weighted by atomic mass is 9.91. The smallest absolute Gasteiger partial charge is 0.248 e. The van der Waals surface area contributed by atoms with E-state index >= 15 is 0 Å². The molecule has 0 radical (unpaired) electrons. The number of pyridine rings is 1. The molecule has 0 fully saturated rings. The van der Waals surface area contributed by atoms with Gasteiger partial charge in [-0.15, -0.1) is 0 Å². The molecule has 2 N–H and O–H groups in total. The molecule has 1 aliphatic carbocycles. The van der Waals surface area contributed by atoms with Crippen molar-refractivity contribution in [1.29, 1.82) is 0 Å². The minimum absolute atomic E-state index is 0.00694. The van der Waals surface area contributed by atoms with Gasteiger partial charge in [0.05, 0.1) is 6.20 Å². The molecule has 1 atom stereocenters. The second kappa shape index (κ2) is 5.25. The Morgan fingerprint density at radius 2 is 2.35 bits per heavy atom. The number of aryl methyl sites for hydroxylation is 2. The molecule has 0 spiro atoms. The monoisotopic (exact) mass is 272 g/mol. The average molecular weight is 272 g/mol. The van der Waals surface area contributed by atoms with E-state index in [0.717, 1.165) is 31.5 Å². The number of nitrogens with zero attached hydrogens (tertiary/aromatic N) is 2. The molecule has 3 rings (SSSR count). The van der Waals surface area contributed by atoms with Crippen LogP contribution in [0.5, 0.6) is 0 Å². The molecule has 0 aromatic carbocycles. The quantitative estimate of drug-likeness (QED) is 0.892. The van der Waals surface area contributed by atoms with Gasteiger partial charge in [0.25, 0.3) is 0 Å². The highest BCUT2D eigenvalue weighted by Crippen LogP contribution is 2.27. The Labute approximate surface area is 118 Å². The maximum atomic E-state index is 11.4. The fraction of sp³-hybridized carbons (Fsp3) is 0.467. The van der Waals surface area contributed by atoms with E-state index in [0.29, 0.717) is 6.04 Å². The van der Waals surface area contributed by atoms with Crippen LogP contribution in [-0.2, 0) is 20.0 Å². The van der Waals surface area contributed by atoms with Gasteiger partial charge in [-0.1, -0.05) is 6.07 Å². The summed E-state index contributed by atoms with van der Waals surface area (Å²) in [5.74, 6) is 0. The first-order chi connectivity index (χ1) is 9.65. The van der Waals surface area contributed by atoms with Crippen LogP contribution < -0.4 is 10.9 Å². The van der Waals surface area contributed by atoms with Gasteiger partial charge < -0.3 is 10.3 Å². The Balaban J connectivity index is 1.76. The summed E-state index contributed by atoms with van der Waals surface area (Å²) in [5, 5.41) is 7.86. The number of fused-ring (bicyclic) bond motifs is 1. The zero-order valence-electron chi connectivity index (χ0n) is 11.9. The minimum atomic E-state index is -0.00694. The Morgan fingerprint density at radius 1 is 1.50 bits per heavy atom. The summed E-state index contributed by atoms with van der Waals surface area (Å²) in [6.07, 6.45) is 5.10. The number of rotatable bonds is 3. The van der Waals surface area contributed by atoms with E-state index in [1.54, 1.807) is 6.07 Å². The summed E-state index contributed by atoms with van der Waals surface area (Å²) in [6, 6.07) is 3.89. The van der Waals surface area contributed by atoms with E-state index in [-0.39, 0.29) is 5.56 Å². The van der Waals surface area contributed by atoms with E-state index in [1.165, 1.54) is 16.8 Å². The molecular formula is C15H20N4O. The highest BCUT2D eigenvalue weighted by Gasteiger charge is 2.20. The molecule has 1 aliphatic rings. The zero-order chi connectivity index (χ0) is 14.1. The third kappa shape index (κ3) is 2.41. The number of nitrogens with one attached hydrogen (secondary N) is 2. The van der Waals surface area contributed by atoms with Crippen molar-refractivity contribution in [3.63, 3.8) is 0 Å². The predicted octanol–water partition coefficient (Wildman–Crippen LogP) is 1.58. The second-order valence-corrected chi connectivity index (χ2v) is 5.46. The molecular weight excluding hydrogens is 252 g/mol. The molecule has 1 unspecified atom stereocenters. The Kier molecular flexibility index (Phi) is 3.44. The number of H-pyrrole nitrogens is 1. The van der Waals surface area contributed by atoms with Gasteiger partial charge in [0.2, 0.25) is 5.56 Å². The molecule has 0 saturated carbocycles. The summed E-state index contributed by atoms with van der Waals surface area (Å²) in [4.78, 5) is 14.3. The maximum absolute atomic E-state index is 11.4. The van der Waals surface area contributed by atoms with Crippen molar-refractivity contribution in [3.05, 3.63) is 51.2 Å². The van der Waals surface area contributed by atoms with Crippen molar-refractivity contribution < 1.29 is 0 Å². The second-order valence-electron chi connectivity index (χ2n) is 5.46. The van der Waals surface area contributed by atoms with Crippen molar-refractivity contribution in [3.8, 4) is 0 Å². The van der Waals surface area contributed by atoms with Gasteiger partial charge in [-0.2, -0.15) is 5.10 Å².